The maximum atomic E-state index is 11.0. The van der Waals surface area contributed by atoms with Crippen LogP contribution in [0.3, 0.4) is 0 Å². The Hall–Kier alpha value is 0.248. The molecule has 18 heavy (non-hydrogen) atoms. The van der Waals surface area contributed by atoms with Gasteiger partial charge >= 0.3 is 0 Å². The first-order valence-electron chi connectivity index (χ1n) is 6.90. The first kappa shape index (κ1) is 20.6. The number of nitrogens with zero attached hydrogens (tertiary/aromatic N) is 1. The summed E-state index contributed by atoms with van der Waals surface area (Å²) in [5, 5.41) is 0. The van der Waals surface area contributed by atoms with Crippen molar-refractivity contribution in [2.45, 2.75) is 72.8 Å². The van der Waals surface area contributed by atoms with E-state index >= 15 is 0 Å². The molecule has 6 heteroatoms. The van der Waals surface area contributed by atoms with Crippen molar-refractivity contribution in [3.8, 4) is 0 Å². The van der Waals surface area contributed by atoms with Gasteiger partial charge in [-0.1, -0.05) is 72.8 Å². The SMILES string of the molecule is CC.C[Si](C)(C)[Si](N=C=O)([Si](C)(C)C)[Si](C)(C)C. The van der Waals surface area contributed by atoms with Gasteiger partial charge in [0.25, 0.3) is 0 Å². The van der Waals surface area contributed by atoms with Gasteiger partial charge in [0.2, 0.25) is 6.08 Å². The monoisotopic (exact) mass is 319 g/mol. The van der Waals surface area contributed by atoms with E-state index in [0.29, 0.717) is 0 Å². The lowest BCUT2D eigenvalue weighted by Crippen LogP contribution is -2.81. The molecule has 108 valence electrons. The summed E-state index contributed by atoms with van der Waals surface area (Å²) in [6.45, 7) is 23.9. The first-order chi connectivity index (χ1) is 7.81. The molecule has 0 spiro atoms. The van der Waals surface area contributed by atoms with Crippen LogP contribution < -0.4 is 0 Å². The third-order valence-electron chi connectivity index (χ3n) is 3.47. The summed E-state index contributed by atoms with van der Waals surface area (Å²) in [4.78, 5) is 11.0. The molecule has 2 nitrogen and oxygen atoms in total. The van der Waals surface area contributed by atoms with E-state index in [9.17, 15) is 4.79 Å². The van der Waals surface area contributed by atoms with Crippen molar-refractivity contribution < 1.29 is 4.79 Å². The van der Waals surface area contributed by atoms with Crippen molar-refractivity contribution in [1.29, 1.82) is 0 Å². The Morgan fingerprint density at radius 3 is 0.944 bits per heavy atom. The number of hydrogen-bond acceptors (Lipinski definition) is 2. The smallest absolute Gasteiger partial charge is 0.223 e. The molecule has 0 saturated heterocycles. The Balaban J connectivity index is 0. The Bertz CT molecular complexity index is 267. The molecule has 0 aromatic heterocycles. The lowest BCUT2D eigenvalue weighted by molar-refractivity contribution is 0.566. The second-order valence-corrected chi connectivity index (χ2v) is 47.3. The van der Waals surface area contributed by atoms with E-state index in [-0.39, 0.29) is 0 Å². The third-order valence-corrected chi connectivity index (χ3v) is 71.5. The van der Waals surface area contributed by atoms with Gasteiger partial charge in [-0.25, -0.2) is 4.79 Å². The van der Waals surface area contributed by atoms with Crippen LogP contribution in [-0.2, 0) is 4.79 Å². The van der Waals surface area contributed by atoms with E-state index < -0.39 is 29.6 Å². The predicted octanol–water partition coefficient (Wildman–Crippen LogP) is 4.54. The largest absolute Gasteiger partial charge is 0.257 e. The van der Waals surface area contributed by atoms with Crippen molar-refractivity contribution in [3.63, 3.8) is 0 Å². The topological polar surface area (TPSA) is 29.4 Å². The molecule has 0 bridgehead atoms. The number of rotatable bonds is 4. The molecule has 0 rings (SSSR count). The molecule has 0 fully saturated rings. The molecule has 0 aromatic carbocycles. The zero-order chi connectivity index (χ0) is 15.4. The molecule has 0 saturated carbocycles. The van der Waals surface area contributed by atoms with E-state index in [1.54, 1.807) is 0 Å². The van der Waals surface area contributed by atoms with E-state index in [0.717, 1.165) is 0 Å². The fraction of sp³-hybridized carbons (Fsp3) is 0.917. The van der Waals surface area contributed by atoms with Crippen LogP contribution in [0.25, 0.3) is 0 Å². The molecular formula is C12H33NOSi4. The summed E-state index contributed by atoms with van der Waals surface area (Å²) in [6.07, 6.45) is 1.97. The molecule has 0 radical (unpaired) electrons. The molecule has 0 aliphatic heterocycles. The Labute approximate surface area is 118 Å². The van der Waals surface area contributed by atoms with Crippen LogP contribution in [0.2, 0.25) is 58.9 Å². The van der Waals surface area contributed by atoms with Crippen molar-refractivity contribution in [2.75, 3.05) is 0 Å². The maximum Gasteiger partial charge on any atom is 0.223 e. The second-order valence-electron chi connectivity index (χ2n) is 7.66. The molecule has 0 amide bonds. The highest BCUT2D eigenvalue weighted by atomic mass is 29.9. The van der Waals surface area contributed by atoms with Crippen molar-refractivity contribution >= 4 is 35.6 Å². The van der Waals surface area contributed by atoms with E-state index in [1.165, 1.54) is 0 Å². The lowest BCUT2D eigenvalue weighted by Gasteiger charge is -2.52. The minimum absolute atomic E-state index is 1.40. The van der Waals surface area contributed by atoms with Crippen LogP contribution in [0.1, 0.15) is 13.8 Å². The van der Waals surface area contributed by atoms with Gasteiger partial charge in [-0.2, -0.15) is 0 Å². The molecule has 0 aromatic rings. The molecule has 0 aliphatic carbocycles. The standard InChI is InChI=1S/C10H27NOSi4.C2H6/c1-13(2,3)16(11-10-12,14(4,5)6)15(7,8)9;1-2/h1-9H3;1-2H3. The Kier molecular flexibility index (Phi) is 7.55. The summed E-state index contributed by atoms with van der Waals surface area (Å²) in [5.41, 5.74) is 0. The zero-order valence-corrected chi connectivity index (χ0v) is 18.4. The van der Waals surface area contributed by atoms with E-state index in [1.807, 2.05) is 19.9 Å². The van der Waals surface area contributed by atoms with Gasteiger partial charge in [0.15, 0.2) is 6.79 Å². The van der Waals surface area contributed by atoms with Crippen molar-refractivity contribution in [3.05, 3.63) is 0 Å². The lowest BCUT2D eigenvalue weighted by atomic mass is 11.0. The first-order valence-corrected chi connectivity index (χ1v) is 22.3. The Morgan fingerprint density at radius 1 is 0.667 bits per heavy atom. The van der Waals surface area contributed by atoms with Crippen LogP contribution >= 0.6 is 0 Å². The minimum Gasteiger partial charge on any atom is -0.257 e. The molecular weight excluding hydrogens is 286 g/mol. The fourth-order valence-corrected chi connectivity index (χ4v) is 96.3. The van der Waals surface area contributed by atoms with Gasteiger partial charge in [-0.05, 0) is 0 Å². The Morgan fingerprint density at radius 2 is 0.889 bits per heavy atom. The van der Waals surface area contributed by atoms with Crippen molar-refractivity contribution in [2.24, 2.45) is 4.66 Å². The molecule has 0 N–H and O–H groups in total. The summed E-state index contributed by atoms with van der Waals surface area (Å²) < 4.78 is 4.59. The van der Waals surface area contributed by atoms with Gasteiger partial charge in [-0.3, -0.25) is 4.66 Å². The third kappa shape index (κ3) is 3.87. The maximum absolute atomic E-state index is 11.0. The molecule has 0 aliphatic rings. The van der Waals surface area contributed by atoms with E-state index in [4.69, 9.17) is 0 Å². The zero-order valence-electron chi connectivity index (χ0n) is 14.4. The van der Waals surface area contributed by atoms with Gasteiger partial charge in [0.1, 0.15) is 0 Å². The van der Waals surface area contributed by atoms with Crippen LogP contribution in [-0.4, -0.2) is 35.6 Å². The summed E-state index contributed by atoms with van der Waals surface area (Å²) in [6, 6.07) is 0. The second kappa shape index (κ2) is 6.61. The number of carbonyl (C=O) groups excluding carboxylic acids is 1. The van der Waals surface area contributed by atoms with Gasteiger partial charge < -0.3 is 0 Å². The summed E-state index contributed by atoms with van der Waals surface area (Å²) in [7, 11) is -4.19. The average molecular weight is 320 g/mol. The van der Waals surface area contributed by atoms with Crippen LogP contribution in [0.5, 0.6) is 0 Å². The van der Waals surface area contributed by atoms with Gasteiger partial charge in [-0.15, -0.1) is 0 Å². The predicted molar refractivity (Wildman–Crippen MR) is 95.3 cm³/mol. The fourth-order valence-electron chi connectivity index (χ4n) is 3.95. The quantitative estimate of drug-likeness (QED) is 0.425. The molecule has 0 atom stereocenters. The number of hydrogen-bond donors (Lipinski definition) is 0. The van der Waals surface area contributed by atoms with E-state index in [2.05, 4.69) is 63.6 Å². The van der Waals surface area contributed by atoms with Gasteiger partial charge in [0.05, 0.1) is 22.8 Å². The highest BCUT2D eigenvalue weighted by Gasteiger charge is 2.63. The van der Waals surface area contributed by atoms with Crippen LogP contribution in [0.4, 0.5) is 0 Å². The minimum atomic E-state index is -1.78. The average Bonchev–Trinajstić information content (AvgIpc) is 2.11. The number of isocyanates is 1. The molecule has 0 heterocycles. The van der Waals surface area contributed by atoms with Crippen molar-refractivity contribution in [1.82, 2.24) is 0 Å². The van der Waals surface area contributed by atoms with Crippen LogP contribution in [0, 0.1) is 0 Å². The van der Waals surface area contributed by atoms with Gasteiger partial charge in [0, 0.05) is 0 Å². The highest BCUT2D eigenvalue weighted by molar-refractivity contribution is 7.89. The molecule has 0 unspecified atom stereocenters. The summed E-state index contributed by atoms with van der Waals surface area (Å²) >= 11 is 0. The van der Waals surface area contributed by atoms with Crippen LogP contribution in [0.15, 0.2) is 4.66 Å². The highest BCUT2D eigenvalue weighted by Crippen LogP contribution is 2.37. The summed E-state index contributed by atoms with van der Waals surface area (Å²) in [5.74, 6) is 0. The normalized spacial score (nSPS) is 13.3.